The van der Waals surface area contributed by atoms with E-state index in [-0.39, 0.29) is 12.5 Å². The van der Waals surface area contributed by atoms with E-state index >= 15 is 0 Å². The van der Waals surface area contributed by atoms with E-state index in [1.807, 2.05) is 6.92 Å². The fourth-order valence-electron chi connectivity index (χ4n) is 1.98. The summed E-state index contributed by atoms with van der Waals surface area (Å²) < 4.78 is 5.29. The predicted octanol–water partition coefficient (Wildman–Crippen LogP) is 1.81. The van der Waals surface area contributed by atoms with Crippen molar-refractivity contribution in [1.29, 1.82) is 0 Å². The van der Waals surface area contributed by atoms with Gasteiger partial charge in [-0.05, 0) is 61.9 Å². The molecule has 0 bridgehead atoms. The largest absolute Gasteiger partial charge is 0.496 e. The second-order valence-corrected chi connectivity index (χ2v) is 4.57. The highest BCUT2D eigenvalue weighted by Gasteiger charge is 2.08. The van der Waals surface area contributed by atoms with E-state index in [0.29, 0.717) is 6.54 Å². The Bertz CT molecular complexity index is 359. The summed E-state index contributed by atoms with van der Waals surface area (Å²) in [5.74, 6) is 1.14. The fraction of sp³-hybridized carbons (Fsp3) is 0.571. The molecule has 0 saturated heterocycles. The number of aliphatic hydroxyl groups is 1. The SMILES string of the molecule is COc1cc(C)c(CCC(CN)CO)cc1C. The first kappa shape index (κ1) is 14.0. The van der Waals surface area contributed by atoms with Gasteiger partial charge in [0.05, 0.1) is 7.11 Å². The van der Waals surface area contributed by atoms with Gasteiger partial charge in [-0.25, -0.2) is 0 Å². The second-order valence-electron chi connectivity index (χ2n) is 4.57. The molecule has 0 spiro atoms. The second kappa shape index (κ2) is 6.62. The first-order valence-corrected chi connectivity index (χ1v) is 6.07. The topological polar surface area (TPSA) is 55.5 Å². The Hall–Kier alpha value is -1.06. The molecule has 0 aliphatic heterocycles. The summed E-state index contributed by atoms with van der Waals surface area (Å²) in [5.41, 5.74) is 9.29. The maximum atomic E-state index is 9.11. The van der Waals surface area contributed by atoms with E-state index in [1.54, 1.807) is 7.11 Å². The van der Waals surface area contributed by atoms with Gasteiger partial charge in [0.2, 0.25) is 0 Å². The lowest BCUT2D eigenvalue weighted by molar-refractivity contribution is 0.223. The Balaban J connectivity index is 2.75. The zero-order valence-electron chi connectivity index (χ0n) is 11.0. The van der Waals surface area contributed by atoms with Crippen LogP contribution in [-0.2, 0) is 6.42 Å². The average molecular weight is 237 g/mol. The van der Waals surface area contributed by atoms with Gasteiger partial charge in [-0.15, -0.1) is 0 Å². The minimum atomic E-state index is 0.171. The summed E-state index contributed by atoms with van der Waals surface area (Å²) in [7, 11) is 1.69. The standard InChI is InChI=1S/C14H23NO2/c1-10-7-14(17-3)11(2)6-13(10)5-4-12(8-15)9-16/h6-7,12,16H,4-5,8-9,15H2,1-3H3. The third-order valence-electron chi connectivity index (χ3n) is 3.27. The van der Waals surface area contributed by atoms with E-state index in [1.165, 1.54) is 11.1 Å². The molecule has 0 saturated carbocycles. The zero-order chi connectivity index (χ0) is 12.8. The number of hydrogen-bond donors (Lipinski definition) is 2. The maximum absolute atomic E-state index is 9.11. The van der Waals surface area contributed by atoms with Crippen molar-refractivity contribution in [3.63, 3.8) is 0 Å². The van der Waals surface area contributed by atoms with Crippen molar-refractivity contribution in [2.45, 2.75) is 26.7 Å². The molecule has 0 aliphatic carbocycles. The van der Waals surface area contributed by atoms with Crippen LogP contribution >= 0.6 is 0 Å². The van der Waals surface area contributed by atoms with Crippen LogP contribution in [-0.4, -0.2) is 25.4 Å². The Labute approximate surface area is 104 Å². The van der Waals surface area contributed by atoms with Gasteiger partial charge in [-0.2, -0.15) is 0 Å². The van der Waals surface area contributed by atoms with Crippen LogP contribution in [0.2, 0.25) is 0 Å². The lowest BCUT2D eigenvalue weighted by Crippen LogP contribution is -2.18. The molecule has 1 unspecified atom stereocenters. The van der Waals surface area contributed by atoms with E-state index in [9.17, 15) is 0 Å². The quantitative estimate of drug-likeness (QED) is 0.793. The Morgan fingerprint density at radius 3 is 2.53 bits per heavy atom. The maximum Gasteiger partial charge on any atom is 0.122 e. The van der Waals surface area contributed by atoms with Gasteiger partial charge in [0.1, 0.15) is 5.75 Å². The number of nitrogens with two attached hydrogens (primary N) is 1. The molecule has 17 heavy (non-hydrogen) atoms. The third-order valence-corrected chi connectivity index (χ3v) is 3.27. The van der Waals surface area contributed by atoms with Gasteiger partial charge in [-0.1, -0.05) is 6.07 Å². The highest BCUT2D eigenvalue weighted by atomic mass is 16.5. The van der Waals surface area contributed by atoms with Crippen LogP contribution in [0.4, 0.5) is 0 Å². The van der Waals surface area contributed by atoms with Gasteiger partial charge in [0, 0.05) is 6.61 Å². The Kier molecular flexibility index (Phi) is 5.45. The van der Waals surface area contributed by atoms with E-state index in [2.05, 4.69) is 19.1 Å². The molecule has 3 heteroatoms. The predicted molar refractivity (Wildman–Crippen MR) is 70.4 cm³/mol. The van der Waals surface area contributed by atoms with Crippen molar-refractivity contribution < 1.29 is 9.84 Å². The van der Waals surface area contributed by atoms with Crippen molar-refractivity contribution in [1.82, 2.24) is 0 Å². The normalized spacial score (nSPS) is 12.5. The summed E-state index contributed by atoms with van der Waals surface area (Å²) >= 11 is 0. The summed E-state index contributed by atoms with van der Waals surface area (Å²) in [4.78, 5) is 0. The van der Waals surface area contributed by atoms with Crippen molar-refractivity contribution in [3.8, 4) is 5.75 Å². The summed E-state index contributed by atoms with van der Waals surface area (Å²) in [5, 5.41) is 9.11. The van der Waals surface area contributed by atoms with Crippen molar-refractivity contribution in [2.75, 3.05) is 20.3 Å². The fourth-order valence-corrected chi connectivity index (χ4v) is 1.98. The van der Waals surface area contributed by atoms with Gasteiger partial charge in [0.25, 0.3) is 0 Å². The first-order chi connectivity index (χ1) is 8.12. The van der Waals surface area contributed by atoms with Crippen molar-refractivity contribution in [3.05, 3.63) is 28.8 Å². The summed E-state index contributed by atoms with van der Waals surface area (Å²) in [6.07, 6.45) is 1.89. The van der Waals surface area contributed by atoms with Crippen LogP contribution in [0.15, 0.2) is 12.1 Å². The number of aryl methyl sites for hydroxylation is 3. The molecule has 0 aliphatic rings. The zero-order valence-corrected chi connectivity index (χ0v) is 11.0. The van der Waals surface area contributed by atoms with E-state index < -0.39 is 0 Å². The number of aliphatic hydroxyl groups excluding tert-OH is 1. The van der Waals surface area contributed by atoms with Gasteiger partial charge in [0.15, 0.2) is 0 Å². The highest BCUT2D eigenvalue weighted by Crippen LogP contribution is 2.24. The number of ether oxygens (including phenoxy) is 1. The van der Waals surface area contributed by atoms with E-state index in [0.717, 1.165) is 24.2 Å². The molecule has 1 aromatic carbocycles. The van der Waals surface area contributed by atoms with Gasteiger partial charge >= 0.3 is 0 Å². The van der Waals surface area contributed by atoms with Gasteiger partial charge < -0.3 is 15.6 Å². The highest BCUT2D eigenvalue weighted by molar-refractivity contribution is 5.41. The lowest BCUT2D eigenvalue weighted by Gasteiger charge is -2.14. The number of methoxy groups -OCH3 is 1. The first-order valence-electron chi connectivity index (χ1n) is 6.07. The van der Waals surface area contributed by atoms with Crippen LogP contribution in [0.3, 0.4) is 0 Å². The molecule has 0 heterocycles. The molecule has 0 aromatic heterocycles. The molecule has 1 aromatic rings. The third kappa shape index (κ3) is 3.72. The van der Waals surface area contributed by atoms with Crippen LogP contribution in [0.1, 0.15) is 23.1 Å². The molecule has 3 N–H and O–H groups in total. The molecule has 0 radical (unpaired) electrons. The van der Waals surface area contributed by atoms with Crippen LogP contribution < -0.4 is 10.5 Å². The Morgan fingerprint density at radius 1 is 1.29 bits per heavy atom. The van der Waals surface area contributed by atoms with E-state index in [4.69, 9.17) is 15.6 Å². The number of rotatable bonds is 6. The molecule has 1 rings (SSSR count). The molecule has 0 fully saturated rings. The van der Waals surface area contributed by atoms with Crippen molar-refractivity contribution in [2.24, 2.45) is 11.7 Å². The molecular formula is C14H23NO2. The lowest BCUT2D eigenvalue weighted by atomic mass is 9.96. The molecule has 1 atom stereocenters. The molecular weight excluding hydrogens is 214 g/mol. The summed E-state index contributed by atoms with van der Waals surface area (Å²) in [6, 6.07) is 4.24. The van der Waals surface area contributed by atoms with Crippen LogP contribution in [0, 0.1) is 19.8 Å². The molecule has 0 amide bonds. The van der Waals surface area contributed by atoms with Crippen molar-refractivity contribution >= 4 is 0 Å². The monoisotopic (exact) mass is 237 g/mol. The molecule has 3 nitrogen and oxygen atoms in total. The minimum absolute atomic E-state index is 0.171. The minimum Gasteiger partial charge on any atom is -0.496 e. The van der Waals surface area contributed by atoms with Gasteiger partial charge in [-0.3, -0.25) is 0 Å². The van der Waals surface area contributed by atoms with Crippen LogP contribution in [0.5, 0.6) is 5.75 Å². The Morgan fingerprint density at radius 2 is 2.00 bits per heavy atom. The van der Waals surface area contributed by atoms with Crippen LogP contribution in [0.25, 0.3) is 0 Å². The number of benzene rings is 1. The molecule has 96 valence electrons. The summed E-state index contributed by atoms with van der Waals surface area (Å²) in [6.45, 7) is 4.86. The smallest absolute Gasteiger partial charge is 0.122 e. The average Bonchev–Trinajstić information content (AvgIpc) is 2.34. The number of hydrogen-bond acceptors (Lipinski definition) is 3.